The van der Waals surface area contributed by atoms with Crippen molar-refractivity contribution in [1.29, 1.82) is 0 Å². The lowest BCUT2D eigenvalue weighted by atomic mass is 10.0. The van der Waals surface area contributed by atoms with Gasteiger partial charge >= 0.3 is 6.09 Å². The Morgan fingerprint density at radius 2 is 1.00 bits per heavy atom. The molecule has 0 atom stereocenters. The van der Waals surface area contributed by atoms with E-state index in [2.05, 4.69) is 90.6 Å². The van der Waals surface area contributed by atoms with Gasteiger partial charge in [-0.15, -0.1) is 22.7 Å². The van der Waals surface area contributed by atoms with E-state index in [1.807, 2.05) is 160 Å². The number of H-pyrrole nitrogens is 3. The predicted octanol–water partition coefficient (Wildman–Crippen LogP) is 16.9. The first-order chi connectivity index (χ1) is 38.4. The average Bonchev–Trinajstić information content (AvgIpc) is 4.47. The van der Waals surface area contributed by atoms with Crippen LogP contribution in [0.3, 0.4) is 0 Å². The molecule has 14 aromatic rings. The summed E-state index contributed by atoms with van der Waals surface area (Å²) in [5, 5.41) is 27.0. The van der Waals surface area contributed by atoms with Crippen LogP contribution in [0.15, 0.2) is 207 Å². The van der Waals surface area contributed by atoms with Gasteiger partial charge in [-0.1, -0.05) is 97.1 Å². The molecular weight excluding hydrogens is 1020 g/mol. The number of carbonyl (C=O) groups excluding carboxylic acids is 3. The molecule has 79 heavy (non-hydrogen) atoms. The van der Waals surface area contributed by atoms with E-state index in [4.69, 9.17) is 4.74 Å². The molecule has 0 unspecified atom stereocenters. The summed E-state index contributed by atoms with van der Waals surface area (Å²) < 4.78 is 9.72. The number of nitrogens with zero attached hydrogens (tertiary/aromatic N) is 3. The Labute approximate surface area is 460 Å². The second kappa shape index (κ2) is 19.9. The predicted molar refractivity (Wildman–Crippen MR) is 322 cm³/mol. The van der Waals surface area contributed by atoms with Gasteiger partial charge in [-0.05, 0) is 140 Å². The number of nitrogens with one attached hydrogen (secondary N) is 5. The molecular formula is C65H48N8O4S2. The van der Waals surface area contributed by atoms with E-state index in [-0.39, 0.29) is 11.8 Å². The van der Waals surface area contributed by atoms with E-state index in [1.165, 1.54) is 20.2 Å². The van der Waals surface area contributed by atoms with Crippen molar-refractivity contribution in [2.45, 2.75) is 26.4 Å². The minimum Gasteiger partial charge on any atom is -0.443 e. The molecule has 384 valence electrons. The summed E-state index contributed by atoms with van der Waals surface area (Å²) in [6.45, 7) is 5.55. The van der Waals surface area contributed by atoms with Crippen molar-refractivity contribution in [3.05, 3.63) is 218 Å². The van der Waals surface area contributed by atoms with Gasteiger partial charge < -0.3 is 20.4 Å². The van der Waals surface area contributed by atoms with E-state index in [0.29, 0.717) is 22.5 Å². The molecule has 8 aromatic carbocycles. The summed E-state index contributed by atoms with van der Waals surface area (Å²) in [5.41, 5.74) is 11.2. The Morgan fingerprint density at radius 3 is 1.53 bits per heavy atom. The highest BCUT2D eigenvalue weighted by Crippen LogP contribution is 2.40. The second-order valence-corrected chi connectivity index (χ2v) is 22.4. The van der Waals surface area contributed by atoms with Gasteiger partial charge in [0.05, 0.1) is 34.6 Å². The number of fused-ring (bicyclic) bond motifs is 6. The quantitative estimate of drug-likeness (QED) is 0.102. The third-order valence-corrected chi connectivity index (χ3v) is 16.0. The highest BCUT2D eigenvalue weighted by atomic mass is 32.1. The van der Waals surface area contributed by atoms with Crippen LogP contribution in [0.2, 0.25) is 0 Å². The molecule has 0 fully saturated rings. The van der Waals surface area contributed by atoms with Crippen LogP contribution < -0.4 is 10.6 Å². The highest BCUT2D eigenvalue weighted by Gasteiger charge is 2.24. The number of rotatable bonds is 8. The zero-order valence-corrected chi connectivity index (χ0v) is 44.6. The van der Waals surface area contributed by atoms with Gasteiger partial charge in [0.25, 0.3) is 11.8 Å². The fourth-order valence-electron chi connectivity index (χ4n) is 9.96. The van der Waals surface area contributed by atoms with E-state index >= 15 is 0 Å². The molecule has 6 aromatic heterocycles. The molecule has 0 aliphatic carbocycles. The largest absolute Gasteiger partial charge is 0.443 e. The zero-order chi connectivity index (χ0) is 53.8. The minimum atomic E-state index is -0.635. The number of anilines is 2. The molecule has 0 radical (unpaired) electrons. The summed E-state index contributed by atoms with van der Waals surface area (Å²) >= 11 is 3.40. The lowest BCUT2D eigenvalue weighted by Crippen LogP contribution is -2.27. The van der Waals surface area contributed by atoms with E-state index < -0.39 is 11.7 Å². The van der Waals surface area contributed by atoms with Crippen LogP contribution in [0.1, 0.15) is 41.5 Å². The molecule has 0 saturated carbocycles. The number of carbonyl (C=O) groups is 3. The van der Waals surface area contributed by atoms with Gasteiger partial charge in [-0.25, -0.2) is 9.36 Å². The fraction of sp³-hybridized carbons (Fsp3) is 0.0615. The van der Waals surface area contributed by atoms with Crippen molar-refractivity contribution in [1.82, 2.24) is 29.9 Å². The van der Waals surface area contributed by atoms with Gasteiger partial charge in [-0.3, -0.25) is 19.8 Å². The second-order valence-electron chi connectivity index (χ2n) is 20.3. The van der Waals surface area contributed by atoms with Crippen LogP contribution in [-0.4, -0.2) is 53.5 Å². The van der Waals surface area contributed by atoms with E-state index in [0.717, 1.165) is 87.0 Å². The molecule has 0 aliphatic rings. The molecule has 0 spiro atoms. The van der Waals surface area contributed by atoms with Crippen molar-refractivity contribution >= 4 is 116 Å². The maximum atomic E-state index is 13.5. The maximum absolute atomic E-state index is 13.5. The van der Waals surface area contributed by atoms with E-state index in [9.17, 15) is 14.4 Å². The number of para-hydroxylation sites is 2. The molecule has 0 aliphatic heterocycles. The molecule has 2 amide bonds. The normalized spacial score (nSPS) is 11.6. The Bertz CT molecular complexity index is 4550. The number of benzene rings is 8. The first-order valence-electron chi connectivity index (χ1n) is 25.6. The van der Waals surface area contributed by atoms with Crippen LogP contribution in [0, 0.1) is 0 Å². The van der Waals surface area contributed by atoms with Crippen molar-refractivity contribution < 1.29 is 19.1 Å². The monoisotopic (exact) mass is 1070 g/mol. The molecule has 14 rings (SSSR count). The number of hydrogen-bond donors (Lipinski definition) is 5. The van der Waals surface area contributed by atoms with E-state index in [1.54, 1.807) is 39.6 Å². The van der Waals surface area contributed by atoms with Gasteiger partial charge in [-0.2, -0.15) is 10.2 Å². The lowest BCUT2D eigenvalue weighted by Gasteiger charge is -2.21. The Hall–Kier alpha value is -9.89. The lowest BCUT2D eigenvalue weighted by molar-refractivity contribution is 0.0547. The third kappa shape index (κ3) is 9.71. The Balaban J connectivity index is 0.000000152. The summed E-state index contributed by atoms with van der Waals surface area (Å²) in [7, 11) is 0. The van der Waals surface area contributed by atoms with Crippen LogP contribution in [0.5, 0.6) is 0 Å². The van der Waals surface area contributed by atoms with Crippen LogP contribution in [0.4, 0.5) is 16.2 Å². The molecule has 14 heteroatoms. The number of ether oxygens (including phenoxy) is 1. The van der Waals surface area contributed by atoms with Crippen molar-refractivity contribution in [3.8, 4) is 43.4 Å². The third-order valence-electron chi connectivity index (χ3n) is 13.7. The van der Waals surface area contributed by atoms with Gasteiger partial charge in [0, 0.05) is 85.5 Å². The van der Waals surface area contributed by atoms with Gasteiger partial charge in [0.15, 0.2) is 0 Å². The van der Waals surface area contributed by atoms with Crippen LogP contribution in [-0.2, 0) is 4.74 Å². The summed E-state index contributed by atoms with van der Waals surface area (Å²) in [4.78, 5) is 45.6. The number of amides is 2. The SMILES string of the molecule is CC(C)(C)OC(=O)n1c(-c2ccc(NC(=O)c3cc(-c4cc5ccccc5s4)c4[nH]ncc4c3)cc2)cc2ccccc21.O=C(Nc1ccc(-c2cc3ccccc3[nH]2)cc1)c1cc(-c2cc3ccccc3s2)c2[nH]ncc2c1. The van der Waals surface area contributed by atoms with Crippen LogP contribution in [0.25, 0.3) is 107 Å². The van der Waals surface area contributed by atoms with Crippen molar-refractivity contribution in [2.75, 3.05) is 10.6 Å². The molecule has 0 saturated heterocycles. The topological polar surface area (TPSA) is 163 Å². The minimum absolute atomic E-state index is 0.154. The number of hydrogen-bond acceptors (Lipinski definition) is 8. The molecule has 0 bridgehead atoms. The zero-order valence-electron chi connectivity index (χ0n) is 42.9. The standard InChI is InChI=1S/C35H28N4O3S.C30H20N4OS/c1-35(2,3)42-34(41)39-28-10-6-4-8-22(28)18-29(39)21-12-14-26(15-13-21)37-33(40)24-16-25-20-36-38-32(25)27(17-24)31-19-23-9-5-7-11-30(23)43-31;35-30(32-23-11-9-18(10-12-23)26-15-19-5-1-3-7-25(19)33-26)21-13-22-17-31-34-29(22)24(14-21)28-16-20-6-2-4-8-27(20)36-28/h4-20H,1-3H3,(H,36,38)(H,37,40);1-17,33H,(H,31,34)(H,32,35). The van der Waals surface area contributed by atoms with Crippen LogP contribution >= 0.6 is 22.7 Å². The van der Waals surface area contributed by atoms with Crippen molar-refractivity contribution in [3.63, 3.8) is 0 Å². The number of aromatic amines is 3. The first-order valence-corrected chi connectivity index (χ1v) is 27.3. The molecule has 6 heterocycles. The molecule has 12 nitrogen and oxygen atoms in total. The van der Waals surface area contributed by atoms with Crippen molar-refractivity contribution in [2.24, 2.45) is 0 Å². The number of thiophene rings is 2. The molecule has 5 N–H and O–H groups in total. The Kier molecular flexibility index (Phi) is 12.3. The fourth-order valence-corrected chi connectivity index (χ4v) is 12.1. The summed E-state index contributed by atoms with van der Waals surface area (Å²) in [5.74, 6) is -0.375. The van der Waals surface area contributed by atoms with Gasteiger partial charge in [0.1, 0.15) is 5.60 Å². The van der Waals surface area contributed by atoms with Gasteiger partial charge in [0.2, 0.25) is 0 Å². The Morgan fingerprint density at radius 1 is 0.506 bits per heavy atom. The maximum Gasteiger partial charge on any atom is 0.419 e. The summed E-state index contributed by atoms with van der Waals surface area (Å²) in [6.07, 6.45) is 3.06. The average molecular weight is 1070 g/mol. The first kappa shape index (κ1) is 48.7. The summed E-state index contributed by atoms with van der Waals surface area (Å²) in [6, 6.07) is 63.9. The number of aromatic nitrogens is 6. The highest BCUT2D eigenvalue weighted by molar-refractivity contribution is 7.22. The smallest absolute Gasteiger partial charge is 0.419 e.